The van der Waals surface area contributed by atoms with Crippen molar-refractivity contribution in [2.24, 2.45) is 0 Å². The van der Waals surface area contributed by atoms with E-state index >= 15 is 4.39 Å². The molecule has 0 bridgehead atoms. The molecule has 3 aliphatic rings. The van der Waals surface area contributed by atoms with Crippen molar-refractivity contribution in [2.75, 3.05) is 19.8 Å². The molecule has 0 spiro atoms. The Morgan fingerprint density at radius 2 is 1.70 bits per heavy atom. The van der Waals surface area contributed by atoms with Crippen LogP contribution >= 0.6 is 0 Å². The zero-order valence-electron chi connectivity index (χ0n) is 21.9. The second-order valence-corrected chi connectivity index (χ2v) is 10.3. The number of benzene rings is 3. The third-order valence-electron chi connectivity index (χ3n) is 7.68. The summed E-state index contributed by atoms with van der Waals surface area (Å²) >= 11 is 0. The van der Waals surface area contributed by atoms with Crippen LogP contribution in [0, 0.1) is 11.6 Å². The fraction of sp³-hybridized carbons (Fsp3) is 0.387. The number of ether oxygens (including phenoxy) is 5. The topological polar surface area (TPSA) is 83.5 Å². The van der Waals surface area contributed by atoms with Crippen molar-refractivity contribution >= 4 is 5.97 Å². The van der Waals surface area contributed by atoms with Gasteiger partial charge in [0.25, 0.3) is 0 Å². The van der Waals surface area contributed by atoms with Crippen molar-refractivity contribution in [3.8, 4) is 28.7 Å². The van der Waals surface area contributed by atoms with Crippen LogP contribution in [-0.2, 0) is 16.0 Å². The van der Waals surface area contributed by atoms with Crippen molar-refractivity contribution in [2.45, 2.75) is 56.7 Å². The summed E-state index contributed by atoms with van der Waals surface area (Å²) in [6.45, 7) is 1.68. The predicted octanol–water partition coefficient (Wildman–Crippen LogP) is 6.72. The molecule has 3 aromatic rings. The van der Waals surface area contributed by atoms with Crippen LogP contribution < -0.4 is 18.9 Å². The average Bonchev–Trinajstić information content (AvgIpc) is 3.56. The van der Waals surface area contributed by atoms with Gasteiger partial charge in [0.1, 0.15) is 41.0 Å². The monoisotopic (exact) mass is 552 g/mol. The van der Waals surface area contributed by atoms with Crippen LogP contribution in [0.2, 0.25) is 0 Å². The van der Waals surface area contributed by atoms with Crippen LogP contribution in [0.5, 0.6) is 28.7 Å². The van der Waals surface area contributed by atoms with Gasteiger partial charge in [0.15, 0.2) is 11.6 Å². The molecule has 7 nitrogen and oxygen atoms in total. The fourth-order valence-electron chi connectivity index (χ4n) is 5.63. The van der Waals surface area contributed by atoms with Crippen LogP contribution in [0.1, 0.15) is 60.8 Å². The molecule has 2 heterocycles. The number of carboxylic acid groups (broad SMARTS) is 1. The molecule has 2 aliphatic heterocycles. The molecule has 6 rings (SSSR count). The number of hydrogen-bond donors (Lipinski definition) is 1. The Morgan fingerprint density at radius 3 is 2.52 bits per heavy atom. The van der Waals surface area contributed by atoms with Crippen molar-refractivity contribution < 1.29 is 42.4 Å². The molecule has 1 fully saturated rings. The van der Waals surface area contributed by atoms with Gasteiger partial charge in [-0.3, -0.25) is 4.79 Å². The van der Waals surface area contributed by atoms with Gasteiger partial charge in [-0.15, -0.1) is 0 Å². The van der Waals surface area contributed by atoms with Gasteiger partial charge >= 0.3 is 5.97 Å². The molecule has 40 heavy (non-hydrogen) atoms. The maximum absolute atomic E-state index is 15.1. The molecular weight excluding hydrogens is 522 g/mol. The normalized spacial score (nSPS) is 19.9. The molecule has 0 radical (unpaired) electrons. The molecule has 1 N–H and O–H groups in total. The highest BCUT2D eigenvalue weighted by molar-refractivity contribution is 5.66. The lowest BCUT2D eigenvalue weighted by molar-refractivity contribution is -0.137. The third-order valence-corrected chi connectivity index (χ3v) is 7.68. The number of aliphatic carboxylic acids is 1. The second kappa shape index (κ2) is 11.3. The maximum Gasteiger partial charge on any atom is 0.303 e. The zero-order valence-corrected chi connectivity index (χ0v) is 21.9. The lowest BCUT2D eigenvalue weighted by Crippen LogP contribution is -2.25. The first-order chi connectivity index (χ1) is 19.4. The molecule has 9 heteroatoms. The summed E-state index contributed by atoms with van der Waals surface area (Å²) < 4.78 is 59.1. The standard InChI is InChI=1S/C31H30F2O7/c32-24-6-3-20(38-19-11-13-36-14-12-19)16-29(24)40-26-9-7-25(33)31-23(26)5-8-27(31)39-21-2-4-22-18(1-10-30(34)35)17-37-28(22)15-21/h2-4,6-7,9,15-16,18-19,27H,1,5,8,10-14,17H2,(H,34,35)/t18-,27-/m1/s1. The first-order valence-corrected chi connectivity index (χ1v) is 13.6. The van der Waals surface area contributed by atoms with E-state index in [1.54, 1.807) is 18.2 Å². The minimum absolute atomic E-state index is 0.000260. The van der Waals surface area contributed by atoms with E-state index in [1.807, 2.05) is 6.07 Å². The first-order valence-electron chi connectivity index (χ1n) is 13.6. The summed E-state index contributed by atoms with van der Waals surface area (Å²) in [5, 5.41) is 8.99. The summed E-state index contributed by atoms with van der Waals surface area (Å²) in [4.78, 5) is 10.9. The van der Waals surface area contributed by atoms with Crippen LogP contribution in [0.25, 0.3) is 0 Å². The van der Waals surface area contributed by atoms with E-state index < -0.39 is 23.7 Å². The Kier molecular flexibility index (Phi) is 7.47. The highest BCUT2D eigenvalue weighted by atomic mass is 19.1. The Bertz CT molecular complexity index is 1400. The van der Waals surface area contributed by atoms with E-state index in [0.717, 1.165) is 18.4 Å². The molecule has 1 saturated heterocycles. The minimum Gasteiger partial charge on any atom is -0.493 e. The van der Waals surface area contributed by atoms with Crippen LogP contribution in [0.3, 0.4) is 0 Å². The summed E-state index contributed by atoms with van der Waals surface area (Å²) in [5.41, 5.74) is 1.99. The average molecular weight is 553 g/mol. The van der Waals surface area contributed by atoms with Gasteiger partial charge in [0.05, 0.1) is 19.8 Å². The van der Waals surface area contributed by atoms with E-state index in [1.165, 1.54) is 24.3 Å². The molecule has 0 amide bonds. The molecule has 210 valence electrons. The molecule has 1 aliphatic carbocycles. The minimum atomic E-state index is -0.836. The molecule has 0 aromatic heterocycles. The van der Waals surface area contributed by atoms with Crippen molar-refractivity contribution in [3.05, 3.63) is 76.9 Å². The first kappa shape index (κ1) is 26.4. The summed E-state index contributed by atoms with van der Waals surface area (Å²) in [6.07, 6.45) is 2.59. The van der Waals surface area contributed by atoms with Gasteiger partial charge in [-0.1, -0.05) is 6.07 Å². The van der Waals surface area contributed by atoms with Gasteiger partial charge in [-0.25, -0.2) is 8.78 Å². The zero-order chi connectivity index (χ0) is 27.6. The second-order valence-electron chi connectivity index (χ2n) is 10.3. The van der Waals surface area contributed by atoms with Crippen molar-refractivity contribution in [3.63, 3.8) is 0 Å². The number of carboxylic acids is 1. The summed E-state index contributed by atoms with van der Waals surface area (Å²) in [7, 11) is 0. The molecular formula is C31H30F2O7. The Hall–Kier alpha value is -3.85. The summed E-state index contributed by atoms with van der Waals surface area (Å²) in [6, 6.07) is 12.7. The van der Waals surface area contributed by atoms with Gasteiger partial charge in [0.2, 0.25) is 0 Å². The van der Waals surface area contributed by atoms with E-state index in [9.17, 15) is 9.18 Å². The largest absolute Gasteiger partial charge is 0.493 e. The van der Waals surface area contributed by atoms with Gasteiger partial charge in [0, 0.05) is 54.0 Å². The number of fused-ring (bicyclic) bond motifs is 2. The Morgan fingerprint density at radius 1 is 0.925 bits per heavy atom. The molecule has 3 aromatic carbocycles. The van der Waals surface area contributed by atoms with E-state index in [0.29, 0.717) is 73.2 Å². The fourth-order valence-corrected chi connectivity index (χ4v) is 5.63. The molecule has 0 saturated carbocycles. The van der Waals surface area contributed by atoms with E-state index in [4.69, 9.17) is 28.8 Å². The highest BCUT2D eigenvalue weighted by Gasteiger charge is 2.32. The summed E-state index contributed by atoms with van der Waals surface area (Å²) in [5.74, 6) is 0.317. The van der Waals surface area contributed by atoms with Crippen LogP contribution in [-0.4, -0.2) is 37.0 Å². The lowest BCUT2D eigenvalue weighted by atomic mass is 9.96. The van der Waals surface area contributed by atoms with E-state index in [2.05, 4.69) is 0 Å². The number of carbonyl (C=O) groups is 1. The highest BCUT2D eigenvalue weighted by Crippen LogP contribution is 2.45. The van der Waals surface area contributed by atoms with Gasteiger partial charge < -0.3 is 28.8 Å². The smallest absolute Gasteiger partial charge is 0.303 e. The lowest BCUT2D eigenvalue weighted by Gasteiger charge is -2.23. The third kappa shape index (κ3) is 5.56. The Balaban J connectivity index is 1.18. The predicted molar refractivity (Wildman–Crippen MR) is 141 cm³/mol. The van der Waals surface area contributed by atoms with Crippen LogP contribution in [0.15, 0.2) is 48.5 Å². The molecule has 2 atom stereocenters. The quantitative estimate of drug-likeness (QED) is 0.315. The van der Waals surface area contributed by atoms with Crippen molar-refractivity contribution in [1.82, 2.24) is 0 Å². The SMILES string of the molecule is O=C(O)CC[C@@H]1COc2cc(O[C@@H]3CCc4c(Oc5cc(OC6CCOCC6)ccc5F)ccc(F)c43)ccc21. The molecule has 0 unspecified atom stereocenters. The Labute approximate surface area is 230 Å². The van der Waals surface area contributed by atoms with E-state index in [-0.39, 0.29) is 24.2 Å². The van der Waals surface area contributed by atoms with Gasteiger partial charge in [-0.2, -0.15) is 0 Å². The van der Waals surface area contributed by atoms with Gasteiger partial charge in [-0.05, 0) is 49.6 Å². The maximum atomic E-state index is 15.1. The number of halogens is 2. The number of rotatable bonds is 9. The van der Waals surface area contributed by atoms with Crippen molar-refractivity contribution in [1.29, 1.82) is 0 Å². The van der Waals surface area contributed by atoms with Crippen LogP contribution in [0.4, 0.5) is 8.78 Å². The number of hydrogen-bond acceptors (Lipinski definition) is 6.